The van der Waals surface area contributed by atoms with E-state index in [1.54, 1.807) is 0 Å². The van der Waals surface area contributed by atoms with Crippen molar-refractivity contribution in [2.45, 2.75) is 43.7 Å². The molecule has 0 bridgehead atoms. The molecule has 1 heterocycles. The second kappa shape index (κ2) is 3.46. The molecule has 0 radical (unpaired) electrons. The lowest BCUT2D eigenvalue weighted by Gasteiger charge is -2.27. The van der Waals surface area contributed by atoms with Crippen LogP contribution >= 0.6 is 0 Å². The lowest BCUT2D eigenvalue weighted by Crippen LogP contribution is -2.47. The van der Waals surface area contributed by atoms with Crippen LogP contribution in [0.1, 0.15) is 25.7 Å². The van der Waals surface area contributed by atoms with Gasteiger partial charge in [0.05, 0.1) is 12.6 Å². The SMILES string of the molecule is O=C(NC1CCC1)C1CC(F)(F)CN1. The summed E-state index contributed by atoms with van der Waals surface area (Å²) >= 11 is 0. The van der Waals surface area contributed by atoms with Crippen LogP contribution in [-0.4, -0.2) is 30.5 Å². The molecule has 1 saturated carbocycles. The van der Waals surface area contributed by atoms with Gasteiger partial charge in [0, 0.05) is 12.5 Å². The fourth-order valence-corrected chi connectivity index (χ4v) is 1.76. The van der Waals surface area contributed by atoms with Gasteiger partial charge in [0.2, 0.25) is 5.91 Å². The fraction of sp³-hybridized carbons (Fsp3) is 0.889. The molecule has 14 heavy (non-hydrogen) atoms. The van der Waals surface area contributed by atoms with E-state index >= 15 is 0 Å². The Bertz CT molecular complexity index is 241. The maximum Gasteiger partial charge on any atom is 0.262 e. The van der Waals surface area contributed by atoms with Gasteiger partial charge in [-0.3, -0.25) is 10.1 Å². The molecular weight excluding hydrogens is 190 g/mol. The summed E-state index contributed by atoms with van der Waals surface area (Å²) in [5, 5.41) is 5.30. The summed E-state index contributed by atoms with van der Waals surface area (Å²) in [6, 6.07) is -0.482. The Balaban J connectivity index is 1.80. The Kier molecular flexibility index (Phi) is 2.43. The Labute approximate surface area is 81.2 Å². The number of rotatable bonds is 2. The van der Waals surface area contributed by atoms with E-state index in [-0.39, 0.29) is 24.9 Å². The number of hydrogen-bond acceptors (Lipinski definition) is 2. The molecule has 2 aliphatic rings. The second-order valence-electron chi connectivity index (χ2n) is 4.13. The molecule has 0 aromatic rings. The molecule has 0 aromatic heterocycles. The lowest BCUT2D eigenvalue weighted by molar-refractivity contribution is -0.124. The summed E-state index contributed by atoms with van der Waals surface area (Å²) in [5.74, 6) is -2.99. The zero-order valence-corrected chi connectivity index (χ0v) is 7.85. The zero-order valence-electron chi connectivity index (χ0n) is 7.85. The molecule has 1 unspecified atom stereocenters. The van der Waals surface area contributed by atoms with E-state index in [2.05, 4.69) is 10.6 Å². The Morgan fingerprint density at radius 3 is 2.57 bits per heavy atom. The van der Waals surface area contributed by atoms with E-state index < -0.39 is 12.0 Å². The summed E-state index contributed by atoms with van der Waals surface area (Å²) in [6.07, 6.45) is 2.72. The van der Waals surface area contributed by atoms with Crippen LogP contribution in [-0.2, 0) is 4.79 Å². The largest absolute Gasteiger partial charge is 0.352 e. The predicted molar refractivity (Wildman–Crippen MR) is 47.1 cm³/mol. The average molecular weight is 204 g/mol. The van der Waals surface area contributed by atoms with Crippen molar-refractivity contribution in [3.05, 3.63) is 0 Å². The fourth-order valence-electron chi connectivity index (χ4n) is 1.76. The van der Waals surface area contributed by atoms with Crippen LogP contribution in [0.25, 0.3) is 0 Å². The van der Waals surface area contributed by atoms with E-state index in [0.29, 0.717) is 0 Å². The van der Waals surface area contributed by atoms with Gasteiger partial charge in [-0.25, -0.2) is 8.78 Å². The third kappa shape index (κ3) is 2.03. The topological polar surface area (TPSA) is 41.1 Å². The number of carbonyl (C=O) groups excluding carboxylic acids is 1. The quantitative estimate of drug-likeness (QED) is 0.693. The van der Waals surface area contributed by atoms with Crippen molar-refractivity contribution in [2.75, 3.05) is 6.54 Å². The smallest absolute Gasteiger partial charge is 0.262 e. The van der Waals surface area contributed by atoms with E-state index in [1.165, 1.54) is 0 Å². The highest BCUT2D eigenvalue weighted by Crippen LogP contribution is 2.26. The van der Waals surface area contributed by atoms with Crippen LogP contribution in [0.2, 0.25) is 0 Å². The van der Waals surface area contributed by atoms with Crippen molar-refractivity contribution >= 4 is 5.91 Å². The predicted octanol–water partition coefficient (Wildman–Crippen LogP) is 0.652. The highest BCUT2D eigenvalue weighted by Gasteiger charge is 2.42. The first-order chi connectivity index (χ1) is 6.57. The molecule has 1 saturated heterocycles. The third-order valence-corrected chi connectivity index (χ3v) is 2.88. The summed E-state index contributed by atoms with van der Waals surface area (Å²) in [7, 11) is 0. The summed E-state index contributed by atoms with van der Waals surface area (Å²) in [5.41, 5.74) is 0. The van der Waals surface area contributed by atoms with Crippen molar-refractivity contribution in [3.8, 4) is 0 Å². The van der Waals surface area contributed by atoms with Gasteiger partial charge in [-0.1, -0.05) is 0 Å². The van der Waals surface area contributed by atoms with Crippen molar-refractivity contribution in [1.29, 1.82) is 0 Å². The van der Waals surface area contributed by atoms with Crippen LogP contribution in [0.3, 0.4) is 0 Å². The standard InChI is InChI=1S/C9H14F2N2O/c10-9(11)4-7(12-5-9)8(14)13-6-2-1-3-6/h6-7,12H,1-5H2,(H,13,14). The second-order valence-corrected chi connectivity index (χ2v) is 4.13. The Hall–Kier alpha value is -0.710. The minimum absolute atomic E-state index is 0.221. The van der Waals surface area contributed by atoms with E-state index in [0.717, 1.165) is 19.3 Å². The first kappa shape index (κ1) is 9.83. The van der Waals surface area contributed by atoms with Crippen molar-refractivity contribution < 1.29 is 13.6 Å². The van der Waals surface area contributed by atoms with Gasteiger partial charge in [-0.15, -0.1) is 0 Å². The maximum absolute atomic E-state index is 12.7. The van der Waals surface area contributed by atoms with Crippen molar-refractivity contribution in [3.63, 3.8) is 0 Å². The summed E-state index contributed by atoms with van der Waals surface area (Å²) in [4.78, 5) is 11.4. The number of hydrogen-bond donors (Lipinski definition) is 2. The Morgan fingerprint density at radius 2 is 2.14 bits per heavy atom. The highest BCUT2D eigenvalue weighted by molar-refractivity contribution is 5.82. The molecule has 3 nitrogen and oxygen atoms in total. The first-order valence-corrected chi connectivity index (χ1v) is 4.98. The normalized spacial score (nSPS) is 31.1. The molecule has 2 fully saturated rings. The van der Waals surface area contributed by atoms with Gasteiger partial charge in [0.15, 0.2) is 0 Å². The van der Waals surface area contributed by atoms with E-state index in [1.807, 2.05) is 0 Å². The minimum Gasteiger partial charge on any atom is -0.352 e. The number of amides is 1. The number of nitrogens with one attached hydrogen (secondary N) is 2. The average Bonchev–Trinajstić information content (AvgIpc) is 2.38. The molecule has 80 valence electrons. The Morgan fingerprint density at radius 1 is 1.43 bits per heavy atom. The number of halogens is 2. The first-order valence-electron chi connectivity index (χ1n) is 4.98. The van der Waals surface area contributed by atoms with Crippen LogP contribution in [0.5, 0.6) is 0 Å². The summed E-state index contributed by atoms with van der Waals surface area (Å²) < 4.78 is 25.5. The van der Waals surface area contributed by atoms with Crippen LogP contribution < -0.4 is 10.6 Å². The van der Waals surface area contributed by atoms with Gasteiger partial charge in [-0.05, 0) is 19.3 Å². The van der Waals surface area contributed by atoms with Gasteiger partial charge in [-0.2, -0.15) is 0 Å². The molecule has 1 aliphatic carbocycles. The monoisotopic (exact) mass is 204 g/mol. The molecule has 0 aromatic carbocycles. The van der Waals surface area contributed by atoms with Gasteiger partial charge >= 0.3 is 0 Å². The van der Waals surface area contributed by atoms with E-state index in [9.17, 15) is 13.6 Å². The highest BCUT2D eigenvalue weighted by atomic mass is 19.3. The molecule has 2 N–H and O–H groups in total. The van der Waals surface area contributed by atoms with Crippen LogP contribution in [0, 0.1) is 0 Å². The minimum atomic E-state index is -2.72. The molecule has 1 amide bonds. The zero-order chi connectivity index (χ0) is 10.2. The van der Waals surface area contributed by atoms with E-state index in [4.69, 9.17) is 0 Å². The molecule has 2 rings (SSSR count). The summed E-state index contributed by atoms with van der Waals surface area (Å²) in [6.45, 7) is -0.379. The van der Waals surface area contributed by atoms with Gasteiger partial charge < -0.3 is 5.32 Å². The van der Waals surface area contributed by atoms with Gasteiger partial charge in [0.25, 0.3) is 5.92 Å². The van der Waals surface area contributed by atoms with Gasteiger partial charge in [0.1, 0.15) is 0 Å². The maximum atomic E-state index is 12.7. The van der Waals surface area contributed by atoms with Crippen molar-refractivity contribution in [2.24, 2.45) is 0 Å². The molecule has 1 atom stereocenters. The molecule has 1 aliphatic heterocycles. The van der Waals surface area contributed by atoms with Crippen LogP contribution in [0.4, 0.5) is 8.78 Å². The number of carbonyl (C=O) groups is 1. The molecule has 5 heteroatoms. The van der Waals surface area contributed by atoms with Crippen LogP contribution in [0.15, 0.2) is 0 Å². The van der Waals surface area contributed by atoms with Crippen molar-refractivity contribution in [1.82, 2.24) is 10.6 Å². The third-order valence-electron chi connectivity index (χ3n) is 2.88. The lowest BCUT2D eigenvalue weighted by atomic mass is 9.93. The molecule has 0 spiro atoms. The molecular formula is C9H14F2N2O. The number of alkyl halides is 2.